The van der Waals surface area contributed by atoms with Crippen LogP contribution in [0.5, 0.6) is 5.88 Å². The van der Waals surface area contributed by atoms with Gasteiger partial charge in [-0.2, -0.15) is 4.98 Å². The SMILES string of the molecule is COc1ccnc(N2CCCC(N(Cc3cncnc3)C(C)=O)CC2)n1. The highest BCUT2D eigenvalue weighted by atomic mass is 16.5. The first-order valence-electron chi connectivity index (χ1n) is 8.80. The highest BCUT2D eigenvalue weighted by molar-refractivity contribution is 5.73. The van der Waals surface area contributed by atoms with Gasteiger partial charge in [-0.15, -0.1) is 0 Å². The standard InChI is InChI=1S/C18H24N6O2/c1-14(25)24(12-15-10-19-13-20-11-15)16-4-3-8-23(9-6-16)18-21-7-5-17(22-18)26-2/h5,7,10-11,13,16H,3-4,6,8-9,12H2,1-2H3. The van der Waals surface area contributed by atoms with Crippen molar-refractivity contribution >= 4 is 11.9 Å². The summed E-state index contributed by atoms with van der Waals surface area (Å²) in [5.41, 5.74) is 0.944. The smallest absolute Gasteiger partial charge is 0.228 e. The van der Waals surface area contributed by atoms with E-state index < -0.39 is 0 Å². The first-order chi connectivity index (χ1) is 12.7. The molecule has 3 rings (SSSR count). The predicted molar refractivity (Wildman–Crippen MR) is 96.7 cm³/mol. The number of carbonyl (C=O) groups is 1. The van der Waals surface area contributed by atoms with Crippen molar-refractivity contribution in [3.8, 4) is 5.88 Å². The number of hydrogen-bond acceptors (Lipinski definition) is 7. The lowest BCUT2D eigenvalue weighted by Crippen LogP contribution is -2.39. The van der Waals surface area contributed by atoms with Gasteiger partial charge in [0.2, 0.25) is 17.7 Å². The van der Waals surface area contributed by atoms with E-state index in [1.54, 1.807) is 38.7 Å². The largest absolute Gasteiger partial charge is 0.481 e. The zero-order chi connectivity index (χ0) is 18.4. The molecule has 26 heavy (non-hydrogen) atoms. The minimum atomic E-state index is 0.0740. The number of ether oxygens (including phenoxy) is 1. The quantitative estimate of drug-likeness (QED) is 0.806. The Morgan fingerprint density at radius 3 is 2.85 bits per heavy atom. The van der Waals surface area contributed by atoms with Crippen molar-refractivity contribution in [1.82, 2.24) is 24.8 Å². The van der Waals surface area contributed by atoms with Crippen LogP contribution in [0.1, 0.15) is 31.7 Å². The molecule has 0 N–H and O–H groups in total. The Kier molecular flexibility index (Phi) is 5.93. The van der Waals surface area contributed by atoms with Crippen molar-refractivity contribution in [1.29, 1.82) is 0 Å². The van der Waals surface area contributed by atoms with Gasteiger partial charge in [0.1, 0.15) is 6.33 Å². The van der Waals surface area contributed by atoms with Crippen molar-refractivity contribution in [3.05, 3.63) is 36.5 Å². The number of methoxy groups -OCH3 is 1. The van der Waals surface area contributed by atoms with Gasteiger partial charge in [0.15, 0.2) is 0 Å². The van der Waals surface area contributed by atoms with Crippen LogP contribution < -0.4 is 9.64 Å². The molecule has 8 nitrogen and oxygen atoms in total. The molecule has 0 aliphatic carbocycles. The molecule has 2 aromatic heterocycles. The number of anilines is 1. The topological polar surface area (TPSA) is 84.3 Å². The molecular weight excluding hydrogens is 332 g/mol. The predicted octanol–water partition coefficient (Wildman–Crippen LogP) is 1.68. The van der Waals surface area contributed by atoms with Crippen LogP contribution >= 0.6 is 0 Å². The molecule has 2 aromatic rings. The van der Waals surface area contributed by atoms with Crippen LogP contribution in [0, 0.1) is 0 Å². The zero-order valence-corrected chi connectivity index (χ0v) is 15.2. The fourth-order valence-corrected chi connectivity index (χ4v) is 3.29. The minimum Gasteiger partial charge on any atom is -0.481 e. The lowest BCUT2D eigenvalue weighted by Gasteiger charge is -2.30. The summed E-state index contributed by atoms with van der Waals surface area (Å²) in [6.45, 7) is 3.82. The summed E-state index contributed by atoms with van der Waals surface area (Å²) in [7, 11) is 1.60. The number of nitrogens with zero attached hydrogens (tertiary/aromatic N) is 6. The fourth-order valence-electron chi connectivity index (χ4n) is 3.29. The molecule has 1 atom stereocenters. The Morgan fingerprint density at radius 1 is 1.31 bits per heavy atom. The molecule has 1 aliphatic heterocycles. The summed E-state index contributed by atoms with van der Waals surface area (Å²) < 4.78 is 5.19. The van der Waals surface area contributed by atoms with Gasteiger partial charge >= 0.3 is 0 Å². The Bertz CT molecular complexity index is 727. The van der Waals surface area contributed by atoms with E-state index in [1.807, 2.05) is 4.90 Å². The van der Waals surface area contributed by atoms with Crippen molar-refractivity contribution in [2.24, 2.45) is 0 Å². The molecule has 3 heterocycles. The van der Waals surface area contributed by atoms with Crippen molar-refractivity contribution in [3.63, 3.8) is 0 Å². The first kappa shape index (κ1) is 18.0. The van der Waals surface area contributed by atoms with Gasteiger partial charge in [0.25, 0.3) is 0 Å². The fraction of sp³-hybridized carbons (Fsp3) is 0.500. The summed E-state index contributed by atoms with van der Waals surface area (Å²) >= 11 is 0. The van der Waals surface area contributed by atoms with Crippen molar-refractivity contribution < 1.29 is 9.53 Å². The molecule has 1 amide bonds. The van der Waals surface area contributed by atoms with E-state index in [1.165, 1.54) is 6.33 Å². The highest BCUT2D eigenvalue weighted by Crippen LogP contribution is 2.22. The molecule has 0 aromatic carbocycles. The van der Waals surface area contributed by atoms with E-state index >= 15 is 0 Å². The molecule has 0 bridgehead atoms. The van der Waals surface area contributed by atoms with Crippen LogP contribution in [0.4, 0.5) is 5.95 Å². The third kappa shape index (κ3) is 4.44. The van der Waals surface area contributed by atoms with Gasteiger partial charge in [0.05, 0.1) is 7.11 Å². The van der Waals surface area contributed by atoms with Gasteiger partial charge < -0.3 is 14.5 Å². The van der Waals surface area contributed by atoms with Crippen LogP contribution in [-0.4, -0.2) is 57.0 Å². The van der Waals surface area contributed by atoms with E-state index in [9.17, 15) is 4.79 Å². The molecule has 0 saturated carbocycles. The molecule has 138 valence electrons. The molecule has 1 aliphatic rings. The van der Waals surface area contributed by atoms with E-state index in [-0.39, 0.29) is 11.9 Å². The maximum Gasteiger partial charge on any atom is 0.228 e. The Hall–Kier alpha value is -2.77. The minimum absolute atomic E-state index is 0.0740. The zero-order valence-electron chi connectivity index (χ0n) is 15.2. The molecule has 0 radical (unpaired) electrons. The van der Waals surface area contributed by atoms with E-state index in [4.69, 9.17) is 4.74 Å². The summed E-state index contributed by atoms with van der Waals surface area (Å²) in [5.74, 6) is 1.31. The molecule has 8 heteroatoms. The number of rotatable bonds is 5. The maximum atomic E-state index is 12.2. The van der Waals surface area contributed by atoms with Gasteiger partial charge in [-0.1, -0.05) is 0 Å². The average molecular weight is 356 g/mol. The van der Waals surface area contributed by atoms with Gasteiger partial charge in [-0.25, -0.2) is 15.0 Å². The Balaban J connectivity index is 1.68. The van der Waals surface area contributed by atoms with Gasteiger partial charge in [-0.3, -0.25) is 4.79 Å². The molecule has 1 saturated heterocycles. The lowest BCUT2D eigenvalue weighted by atomic mass is 10.1. The van der Waals surface area contributed by atoms with Crippen molar-refractivity contribution in [2.45, 2.75) is 38.8 Å². The molecule has 1 unspecified atom stereocenters. The molecular formula is C18H24N6O2. The second-order valence-corrected chi connectivity index (χ2v) is 6.36. The monoisotopic (exact) mass is 356 g/mol. The lowest BCUT2D eigenvalue weighted by molar-refractivity contribution is -0.132. The second-order valence-electron chi connectivity index (χ2n) is 6.36. The van der Waals surface area contributed by atoms with E-state index in [0.717, 1.165) is 37.9 Å². The third-order valence-corrected chi connectivity index (χ3v) is 4.62. The Morgan fingerprint density at radius 2 is 2.12 bits per heavy atom. The van der Waals surface area contributed by atoms with Crippen molar-refractivity contribution in [2.75, 3.05) is 25.1 Å². The van der Waals surface area contributed by atoms with Crippen LogP contribution in [0.3, 0.4) is 0 Å². The van der Waals surface area contributed by atoms with Crippen LogP contribution in [0.15, 0.2) is 31.0 Å². The van der Waals surface area contributed by atoms with Crippen LogP contribution in [0.2, 0.25) is 0 Å². The average Bonchev–Trinajstić information content (AvgIpc) is 2.93. The first-order valence-corrected chi connectivity index (χ1v) is 8.80. The number of amides is 1. The summed E-state index contributed by atoms with van der Waals surface area (Å²) in [5, 5.41) is 0. The normalized spacial score (nSPS) is 17.5. The van der Waals surface area contributed by atoms with E-state index in [0.29, 0.717) is 18.4 Å². The van der Waals surface area contributed by atoms with E-state index in [2.05, 4.69) is 24.8 Å². The second kappa shape index (κ2) is 8.55. The number of aromatic nitrogens is 4. The number of carbonyl (C=O) groups excluding carboxylic acids is 1. The van der Waals surface area contributed by atoms with Crippen LogP contribution in [-0.2, 0) is 11.3 Å². The molecule has 0 spiro atoms. The summed E-state index contributed by atoms with van der Waals surface area (Å²) in [6.07, 6.45) is 9.52. The molecule has 1 fully saturated rings. The Labute approximate surface area is 153 Å². The highest BCUT2D eigenvalue weighted by Gasteiger charge is 2.25. The maximum absolute atomic E-state index is 12.2. The van der Waals surface area contributed by atoms with Crippen LogP contribution in [0.25, 0.3) is 0 Å². The summed E-state index contributed by atoms with van der Waals surface area (Å²) in [6, 6.07) is 1.92. The summed E-state index contributed by atoms with van der Waals surface area (Å²) in [4.78, 5) is 33.2. The van der Waals surface area contributed by atoms with Gasteiger partial charge in [0, 0.05) is 62.8 Å². The third-order valence-electron chi connectivity index (χ3n) is 4.62. The van der Waals surface area contributed by atoms with Gasteiger partial charge in [-0.05, 0) is 19.3 Å². The number of hydrogen-bond donors (Lipinski definition) is 0.